The van der Waals surface area contributed by atoms with Crippen LogP contribution >= 0.6 is 0 Å². The van der Waals surface area contributed by atoms with Gasteiger partial charge >= 0.3 is 0 Å². The summed E-state index contributed by atoms with van der Waals surface area (Å²) in [6.07, 6.45) is 91.2. The van der Waals surface area contributed by atoms with Gasteiger partial charge in [0.25, 0.3) is 0 Å². The molecule has 0 bridgehead atoms. The average molecular weight is 987 g/mol. The molecule has 0 heterocycles. The zero-order valence-corrected chi connectivity index (χ0v) is 47.2. The van der Waals surface area contributed by atoms with Gasteiger partial charge in [-0.25, -0.2) is 0 Å². The molecule has 0 aromatic carbocycles. The zero-order chi connectivity index (χ0) is 51.3. The van der Waals surface area contributed by atoms with Gasteiger partial charge < -0.3 is 15.5 Å². The number of aliphatic hydroxyl groups is 2. The second-order valence-corrected chi connectivity index (χ2v) is 20.7. The van der Waals surface area contributed by atoms with Crippen molar-refractivity contribution in [2.45, 2.75) is 315 Å². The van der Waals surface area contributed by atoms with Crippen molar-refractivity contribution in [1.82, 2.24) is 5.32 Å². The minimum atomic E-state index is -0.668. The van der Waals surface area contributed by atoms with Crippen LogP contribution in [0.25, 0.3) is 0 Å². The smallest absolute Gasteiger partial charge is 0.220 e. The van der Waals surface area contributed by atoms with Crippen LogP contribution < -0.4 is 5.32 Å². The van der Waals surface area contributed by atoms with E-state index in [2.05, 4.69) is 116 Å². The Morgan fingerprint density at radius 3 is 0.930 bits per heavy atom. The number of hydrogen-bond acceptors (Lipinski definition) is 3. The largest absolute Gasteiger partial charge is 0.394 e. The molecule has 0 spiro atoms. The molecule has 0 aliphatic carbocycles. The average Bonchev–Trinajstić information content (AvgIpc) is 3.37. The Bertz CT molecular complexity index is 1300. The Kier molecular flexibility index (Phi) is 59.3. The standard InChI is InChI=1S/C67H119NO3/c1-3-5-7-9-11-13-15-17-19-21-23-25-27-29-30-31-32-33-34-35-36-37-38-39-41-43-45-47-49-51-53-55-57-59-61-63-67(71)68-65(64-69)66(70)62-60-58-56-54-52-50-48-46-44-42-40-28-26-24-22-20-18-16-14-12-10-8-6-4-2/h5,7,11,13,17,19,23,25,29-30,32-33,35-36,38-39,65-66,69-70H,3-4,6,8-10,12,14-16,18,20-22,24,26-28,31,34,37,40-64H2,1-2H3,(H,68,71)/b7-5-,13-11-,19-17-,25-23-,30-29-,33-32-,36-35-,39-38-. The molecule has 4 heteroatoms. The molecular formula is C67H119NO3. The molecule has 71 heavy (non-hydrogen) atoms. The lowest BCUT2D eigenvalue weighted by Gasteiger charge is -2.22. The van der Waals surface area contributed by atoms with Crippen molar-refractivity contribution in [3.63, 3.8) is 0 Å². The van der Waals surface area contributed by atoms with Crippen LogP contribution in [0.2, 0.25) is 0 Å². The van der Waals surface area contributed by atoms with E-state index in [1.165, 1.54) is 199 Å². The fourth-order valence-electron chi connectivity index (χ4n) is 9.20. The maximum atomic E-state index is 12.5. The minimum absolute atomic E-state index is 0.0363. The van der Waals surface area contributed by atoms with Crippen molar-refractivity contribution in [3.05, 3.63) is 97.2 Å². The molecule has 1 amide bonds. The van der Waals surface area contributed by atoms with E-state index in [0.717, 1.165) is 77.0 Å². The SMILES string of the molecule is CC/C=C\C/C=C\C/C=C\C/C=C\C/C=C\C/C=C\C/C=C\C/C=C\CCCCCCCCCCCCC(=O)NC(CO)C(O)CCCCCCCCCCCCCCCCCCCCCCCCCC. The Labute approximate surface area is 443 Å². The van der Waals surface area contributed by atoms with E-state index in [9.17, 15) is 15.0 Å². The molecule has 0 saturated heterocycles. The zero-order valence-electron chi connectivity index (χ0n) is 47.2. The topological polar surface area (TPSA) is 69.6 Å². The summed E-state index contributed by atoms with van der Waals surface area (Å²) in [4.78, 5) is 12.5. The summed E-state index contributed by atoms with van der Waals surface area (Å²) < 4.78 is 0. The Morgan fingerprint density at radius 2 is 0.620 bits per heavy atom. The van der Waals surface area contributed by atoms with Crippen LogP contribution in [0.3, 0.4) is 0 Å². The Balaban J connectivity index is 3.53. The molecule has 0 aliphatic rings. The third-order valence-electron chi connectivity index (χ3n) is 13.9. The van der Waals surface area contributed by atoms with Crippen LogP contribution in [0.15, 0.2) is 97.2 Å². The predicted octanol–water partition coefficient (Wildman–Crippen LogP) is 20.9. The number of aliphatic hydroxyl groups excluding tert-OH is 2. The summed E-state index contributed by atoms with van der Waals surface area (Å²) in [6.45, 7) is 4.26. The maximum absolute atomic E-state index is 12.5. The number of rotatable bonds is 56. The molecular weight excluding hydrogens is 867 g/mol. The first kappa shape index (κ1) is 68.3. The van der Waals surface area contributed by atoms with E-state index >= 15 is 0 Å². The molecule has 0 saturated carbocycles. The summed E-state index contributed by atoms with van der Waals surface area (Å²) in [5.41, 5.74) is 0. The van der Waals surface area contributed by atoms with Crippen molar-refractivity contribution in [2.24, 2.45) is 0 Å². The minimum Gasteiger partial charge on any atom is -0.394 e. The molecule has 410 valence electrons. The fourth-order valence-corrected chi connectivity index (χ4v) is 9.20. The highest BCUT2D eigenvalue weighted by Gasteiger charge is 2.20. The first-order valence-corrected chi connectivity index (χ1v) is 30.9. The monoisotopic (exact) mass is 986 g/mol. The van der Waals surface area contributed by atoms with Crippen molar-refractivity contribution in [1.29, 1.82) is 0 Å². The van der Waals surface area contributed by atoms with Gasteiger partial charge in [-0.1, -0.05) is 317 Å². The molecule has 0 rings (SSSR count). The van der Waals surface area contributed by atoms with E-state index in [-0.39, 0.29) is 12.5 Å². The van der Waals surface area contributed by atoms with Crippen LogP contribution in [-0.2, 0) is 4.79 Å². The number of allylic oxidation sites excluding steroid dienone is 16. The molecule has 0 aromatic heterocycles. The number of amides is 1. The number of unbranched alkanes of at least 4 members (excludes halogenated alkanes) is 33. The van der Waals surface area contributed by atoms with Gasteiger partial charge in [0.2, 0.25) is 5.91 Å². The molecule has 2 atom stereocenters. The van der Waals surface area contributed by atoms with Crippen LogP contribution in [-0.4, -0.2) is 34.9 Å². The molecule has 0 aromatic rings. The third-order valence-corrected chi connectivity index (χ3v) is 13.9. The van der Waals surface area contributed by atoms with Crippen molar-refractivity contribution < 1.29 is 15.0 Å². The quantitative estimate of drug-likeness (QED) is 0.0420. The number of carbonyl (C=O) groups excluding carboxylic acids is 1. The molecule has 2 unspecified atom stereocenters. The second-order valence-electron chi connectivity index (χ2n) is 20.7. The Morgan fingerprint density at radius 1 is 0.352 bits per heavy atom. The van der Waals surface area contributed by atoms with Crippen LogP contribution in [0, 0.1) is 0 Å². The normalized spacial score (nSPS) is 13.5. The van der Waals surface area contributed by atoms with Gasteiger partial charge in [0.1, 0.15) is 0 Å². The Hall–Kier alpha value is -2.69. The second kappa shape index (κ2) is 61.6. The maximum Gasteiger partial charge on any atom is 0.220 e. The van der Waals surface area contributed by atoms with Gasteiger partial charge in [-0.3, -0.25) is 4.79 Å². The highest BCUT2D eigenvalue weighted by atomic mass is 16.3. The van der Waals surface area contributed by atoms with Crippen LogP contribution in [0.4, 0.5) is 0 Å². The van der Waals surface area contributed by atoms with Gasteiger partial charge in [0.05, 0.1) is 18.8 Å². The summed E-state index contributed by atoms with van der Waals surface area (Å²) in [6, 6.07) is -0.546. The van der Waals surface area contributed by atoms with Gasteiger partial charge in [-0.05, 0) is 77.0 Å². The number of nitrogens with one attached hydrogen (secondary N) is 1. The highest BCUT2D eigenvalue weighted by Crippen LogP contribution is 2.17. The van der Waals surface area contributed by atoms with E-state index in [1.807, 2.05) is 0 Å². The van der Waals surface area contributed by atoms with E-state index < -0.39 is 12.1 Å². The van der Waals surface area contributed by atoms with E-state index in [1.54, 1.807) is 0 Å². The first-order chi connectivity index (χ1) is 35.2. The first-order valence-electron chi connectivity index (χ1n) is 30.9. The lowest BCUT2D eigenvalue weighted by molar-refractivity contribution is -0.123. The van der Waals surface area contributed by atoms with Crippen molar-refractivity contribution >= 4 is 5.91 Å². The van der Waals surface area contributed by atoms with Gasteiger partial charge in [0, 0.05) is 6.42 Å². The summed E-state index contributed by atoms with van der Waals surface area (Å²) in [5, 5.41) is 23.4. The van der Waals surface area contributed by atoms with Crippen molar-refractivity contribution in [2.75, 3.05) is 6.61 Å². The van der Waals surface area contributed by atoms with Crippen molar-refractivity contribution in [3.8, 4) is 0 Å². The lowest BCUT2D eigenvalue weighted by atomic mass is 10.0. The molecule has 4 nitrogen and oxygen atoms in total. The number of carbonyl (C=O) groups is 1. The fraction of sp³-hybridized carbons (Fsp3) is 0.746. The van der Waals surface area contributed by atoms with Gasteiger partial charge in [-0.2, -0.15) is 0 Å². The molecule has 3 N–H and O–H groups in total. The van der Waals surface area contributed by atoms with Gasteiger partial charge in [-0.15, -0.1) is 0 Å². The van der Waals surface area contributed by atoms with Crippen LogP contribution in [0.5, 0.6) is 0 Å². The lowest BCUT2D eigenvalue weighted by Crippen LogP contribution is -2.45. The molecule has 0 fully saturated rings. The molecule has 0 aliphatic heterocycles. The highest BCUT2D eigenvalue weighted by molar-refractivity contribution is 5.76. The number of hydrogen-bond donors (Lipinski definition) is 3. The summed E-state index contributed by atoms with van der Waals surface area (Å²) >= 11 is 0. The van der Waals surface area contributed by atoms with E-state index in [0.29, 0.717) is 12.8 Å². The summed E-state index contributed by atoms with van der Waals surface area (Å²) in [7, 11) is 0. The third kappa shape index (κ3) is 58.1. The summed E-state index contributed by atoms with van der Waals surface area (Å²) in [5.74, 6) is -0.0363. The van der Waals surface area contributed by atoms with Gasteiger partial charge in [0.15, 0.2) is 0 Å². The van der Waals surface area contributed by atoms with Crippen LogP contribution in [0.1, 0.15) is 303 Å². The molecule has 0 radical (unpaired) electrons. The predicted molar refractivity (Wildman–Crippen MR) is 317 cm³/mol. The van der Waals surface area contributed by atoms with E-state index in [4.69, 9.17) is 0 Å².